The second-order valence-electron chi connectivity index (χ2n) is 5.01. The van der Waals surface area contributed by atoms with Gasteiger partial charge in [0.25, 0.3) is 0 Å². The Labute approximate surface area is 153 Å². The summed E-state index contributed by atoms with van der Waals surface area (Å²) in [6, 6.07) is 5.22. The first-order valence-corrected chi connectivity index (χ1v) is 8.01. The molecule has 0 bridgehead atoms. The summed E-state index contributed by atoms with van der Waals surface area (Å²) in [5, 5.41) is 3.68. The van der Waals surface area contributed by atoms with Crippen LogP contribution in [0.5, 0.6) is 5.88 Å². The predicted molar refractivity (Wildman–Crippen MR) is 93.7 cm³/mol. The second kappa shape index (κ2) is 7.96. The van der Waals surface area contributed by atoms with Crippen molar-refractivity contribution in [3.05, 3.63) is 64.9 Å². The molecule has 0 radical (unpaired) electrons. The molecule has 3 rings (SSSR count). The molecule has 1 N–H and O–H groups in total. The van der Waals surface area contributed by atoms with Crippen LogP contribution in [0.4, 0.5) is 5.82 Å². The van der Waals surface area contributed by atoms with Crippen molar-refractivity contribution in [2.75, 3.05) is 5.32 Å². The molecule has 1 aromatic carbocycles. The minimum Gasteiger partial charge on any atom is -0.472 e. The van der Waals surface area contributed by atoms with Crippen molar-refractivity contribution in [2.45, 2.75) is 13.2 Å². The number of hydrogen-bond acceptors (Lipinski definition) is 5. The Balaban J connectivity index is 1.56. The third-order valence-corrected chi connectivity index (χ3v) is 3.92. The molecule has 0 unspecified atom stereocenters. The van der Waals surface area contributed by atoms with E-state index in [2.05, 4.69) is 20.3 Å². The number of ether oxygens (including phenoxy) is 1. The molecule has 7 nitrogen and oxygen atoms in total. The molecule has 2 heterocycles. The second-order valence-corrected chi connectivity index (χ2v) is 5.83. The number of carbonyl (C=O) groups is 1. The highest BCUT2D eigenvalue weighted by molar-refractivity contribution is 6.35. The molecule has 2 aromatic heterocycles. The van der Waals surface area contributed by atoms with Crippen LogP contribution >= 0.6 is 23.2 Å². The topological polar surface area (TPSA) is 81.9 Å². The van der Waals surface area contributed by atoms with Crippen LogP contribution in [0.15, 0.2) is 49.3 Å². The molecule has 0 aliphatic heterocycles. The van der Waals surface area contributed by atoms with Gasteiger partial charge in [-0.25, -0.2) is 15.0 Å². The molecule has 3 aromatic rings. The fourth-order valence-corrected chi connectivity index (χ4v) is 2.51. The van der Waals surface area contributed by atoms with Crippen LogP contribution in [-0.4, -0.2) is 25.4 Å². The van der Waals surface area contributed by atoms with E-state index < -0.39 is 0 Å². The Hall–Kier alpha value is -2.64. The third-order valence-electron chi connectivity index (χ3n) is 3.21. The zero-order valence-corrected chi connectivity index (χ0v) is 14.4. The lowest BCUT2D eigenvalue weighted by molar-refractivity contribution is -0.116. The number of rotatable bonds is 6. The minimum atomic E-state index is -0.233. The maximum absolute atomic E-state index is 11.9. The van der Waals surface area contributed by atoms with E-state index in [-0.39, 0.29) is 19.1 Å². The van der Waals surface area contributed by atoms with Gasteiger partial charge >= 0.3 is 0 Å². The quantitative estimate of drug-likeness (QED) is 0.713. The van der Waals surface area contributed by atoms with Gasteiger partial charge in [0.2, 0.25) is 11.8 Å². The van der Waals surface area contributed by atoms with Crippen molar-refractivity contribution in [3.63, 3.8) is 0 Å². The molecule has 0 saturated carbocycles. The van der Waals surface area contributed by atoms with E-state index in [1.54, 1.807) is 41.5 Å². The predicted octanol–water partition coefficient (Wildman–Crippen LogP) is 3.20. The van der Waals surface area contributed by atoms with Crippen LogP contribution in [0.2, 0.25) is 10.0 Å². The van der Waals surface area contributed by atoms with Gasteiger partial charge in [0.1, 0.15) is 13.2 Å². The Morgan fingerprint density at radius 3 is 2.64 bits per heavy atom. The normalized spacial score (nSPS) is 10.5. The number of benzene rings is 1. The number of hydrogen-bond donors (Lipinski definition) is 1. The fraction of sp³-hybridized carbons (Fsp3) is 0.125. The largest absolute Gasteiger partial charge is 0.472 e. The number of aromatic nitrogens is 4. The number of nitrogens with zero attached hydrogens (tertiary/aromatic N) is 4. The first kappa shape index (κ1) is 17.2. The summed E-state index contributed by atoms with van der Waals surface area (Å²) in [5.41, 5.74) is 0.672. The van der Waals surface area contributed by atoms with Crippen molar-refractivity contribution >= 4 is 34.9 Å². The van der Waals surface area contributed by atoms with E-state index in [1.165, 1.54) is 12.4 Å². The molecular formula is C16H13Cl2N5O2. The van der Waals surface area contributed by atoms with Gasteiger partial charge in [-0.1, -0.05) is 29.3 Å². The SMILES string of the molecule is O=C(Cn1ccnc1)Nc1cnc(OCc2c(Cl)cccc2Cl)cn1. The zero-order chi connectivity index (χ0) is 17.6. The highest BCUT2D eigenvalue weighted by atomic mass is 35.5. The van der Waals surface area contributed by atoms with Crippen molar-refractivity contribution in [3.8, 4) is 5.88 Å². The summed E-state index contributed by atoms with van der Waals surface area (Å²) in [7, 11) is 0. The molecule has 1 amide bonds. The van der Waals surface area contributed by atoms with E-state index in [0.717, 1.165) is 0 Å². The summed E-state index contributed by atoms with van der Waals surface area (Å²) in [6.07, 6.45) is 7.68. The number of carbonyl (C=O) groups excluding carboxylic acids is 1. The van der Waals surface area contributed by atoms with Gasteiger partial charge in [-0.05, 0) is 12.1 Å². The molecule has 0 spiro atoms. The summed E-state index contributed by atoms with van der Waals surface area (Å²) in [4.78, 5) is 23.9. The van der Waals surface area contributed by atoms with E-state index in [4.69, 9.17) is 27.9 Å². The van der Waals surface area contributed by atoms with Crippen molar-refractivity contribution in [2.24, 2.45) is 0 Å². The maximum atomic E-state index is 11.9. The summed E-state index contributed by atoms with van der Waals surface area (Å²) in [5.74, 6) is 0.389. The standard InChI is InChI=1S/C16H13Cl2N5O2/c17-12-2-1-3-13(18)11(12)9-25-16-7-20-14(6-21-16)22-15(24)8-23-5-4-19-10-23/h1-7,10H,8-9H2,(H,20,22,24). The highest BCUT2D eigenvalue weighted by Crippen LogP contribution is 2.25. The van der Waals surface area contributed by atoms with Crippen LogP contribution in [0.25, 0.3) is 0 Å². The van der Waals surface area contributed by atoms with E-state index in [9.17, 15) is 4.79 Å². The molecule has 0 saturated heterocycles. The molecule has 0 aliphatic carbocycles. The zero-order valence-electron chi connectivity index (χ0n) is 12.9. The van der Waals surface area contributed by atoms with Gasteiger partial charge in [0.15, 0.2) is 5.82 Å². The number of nitrogens with one attached hydrogen (secondary N) is 1. The Morgan fingerprint density at radius 2 is 2.00 bits per heavy atom. The Bertz CT molecular complexity index is 833. The summed E-state index contributed by atoms with van der Waals surface area (Å²) in [6.45, 7) is 0.310. The van der Waals surface area contributed by atoms with Crippen LogP contribution in [0.1, 0.15) is 5.56 Å². The van der Waals surface area contributed by atoms with Crippen LogP contribution in [-0.2, 0) is 17.9 Å². The van der Waals surface area contributed by atoms with Crippen LogP contribution in [0, 0.1) is 0 Å². The highest BCUT2D eigenvalue weighted by Gasteiger charge is 2.08. The van der Waals surface area contributed by atoms with Crippen molar-refractivity contribution < 1.29 is 9.53 Å². The average molecular weight is 378 g/mol. The summed E-state index contributed by atoms with van der Waals surface area (Å²) < 4.78 is 7.18. The average Bonchev–Trinajstić information content (AvgIpc) is 3.08. The van der Waals surface area contributed by atoms with E-state index in [0.29, 0.717) is 27.3 Å². The Kier molecular flexibility index (Phi) is 5.47. The first-order chi connectivity index (χ1) is 12.1. The smallest absolute Gasteiger partial charge is 0.245 e. The monoisotopic (exact) mass is 377 g/mol. The lowest BCUT2D eigenvalue weighted by Gasteiger charge is -2.09. The van der Waals surface area contributed by atoms with Gasteiger partial charge in [-0.3, -0.25) is 4.79 Å². The summed E-state index contributed by atoms with van der Waals surface area (Å²) >= 11 is 12.2. The fourth-order valence-electron chi connectivity index (χ4n) is 2.00. The lowest BCUT2D eigenvalue weighted by atomic mass is 10.2. The van der Waals surface area contributed by atoms with Gasteiger partial charge in [0.05, 0.1) is 18.7 Å². The third kappa shape index (κ3) is 4.68. The molecule has 128 valence electrons. The van der Waals surface area contributed by atoms with E-state index >= 15 is 0 Å². The Morgan fingerprint density at radius 1 is 1.20 bits per heavy atom. The number of imidazole rings is 1. The first-order valence-electron chi connectivity index (χ1n) is 7.25. The molecule has 0 fully saturated rings. The molecule has 0 atom stereocenters. The van der Waals surface area contributed by atoms with Crippen LogP contribution < -0.4 is 10.1 Å². The van der Waals surface area contributed by atoms with Crippen LogP contribution in [0.3, 0.4) is 0 Å². The van der Waals surface area contributed by atoms with Gasteiger partial charge in [-0.2, -0.15) is 0 Å². The van der Waals surface area contributed by atoms with Gasteiger partial charge in [0, 0.05) is 28.0 Å². The van der Waals surface area contributed by atoms with Crippen molar-refractivity contribution in [1.29, 1.82) is 0 Å². The minimum absolute atomic E-state index is 0.144. The van der Waals surface area contributed by atoms with Crippen molar-refractivity contribution in [1.82, 2.24) is 19.5 Å². The van der Waals surface area contributed by atoms with E-state index in [1.807, 2.05) is 0 Å². The number of halogens is 2. The number of anilines is 1. The molecule has 0 aliphatic rings. The lowest BCUT2D eigenvalue weighted by Crippen LogP contribution is -2.18. The van der Waals surface area contributed by atoms with Gasteiger partial charge < -0.3 is 14.6 Å². The number of amides is 1. The van der Waals surface area contributed by atoms with Gasteiger partial charge in [-0.15, -0.1) is 0 Å². The molecular weight excluding hydrogens is 365 g/mol. The maximum Gasteiger partial charge on any atom is 0.245 e. The molecule has 9 heteroatoms. The molecule has 25 heavy (non-hydrogen) atoms.